The van der Waals surface area contributed by atoms with Gasteiger partial charge in [-0.2, -0.15) is 0 Å². The van der Waals surface area contributed by atoms with Crippen molar-refractivity contribution in [2.75, 3.05) is 4.72 Å². The van der Waals surface area contributed by atoms with Crippen LogP contribution in [-0.2, 0) is 16.6 Å². The molecular weight excluding hydrogens is 420 g/mol. The Morgan fingerprint density at radius 2 is 1.86 bits per heavy atom. The Kier molecular flexibility index (Phi) is 5.08. The molecule has 0 amide bonds. The minimum atomic E-state index is -3.66. The van der Waals surface area contributed by atoms with Gasteiger partial charge < -0.3 is 5.73 Å². The summed E-state index contributed by atoms with van der Waals surface area (Å²) in [6.45, 7) is 2.20. The van der Waals surface area contributed by atoms with E-state index in [-0.39, 0.29) is 4.90 Å². The topological polar surface area (TPSA) is 72.2 Å². The zero-order valence-corrected chi connectivity index (χ0v) is 15.2. The average molecular weight is 434 g/mol. The summed E-state index contributed by atoms with van der Waals surface area (Å²) in [4.78, 5) is 0.195. The number of aryl methyl sites for hydroxylation is 1. The summed E-state index contributed by atoms with van der Waals surface area (Å²) < 4.78 is 28.9. The van der Waals surface area contributed by atoms with Crippen molar-refractivity contribution in [3.8, 4) is 0 Å². The lowest BCUT2D eigenvalue weighted by molar-refractivity contribution is 0.601. The number of rotatable bonds is 4. The molecule has 0 saturated heterocycles. The van der Waals surface area contributed by atoms with E-state index in [1.54, 1.807) is 30.3 Å². The van der Waals surface area contributed by atoms with Crippen molar-refractivity contribution in [3.05, 3.63) is 56.5 Å². The minimum absolute atomic E-state index is 0.195. The predicted molar refractivity (Wildman–Crippen MR) is 91.7 cm³/mol. The van der Waals surface area contributed by atoms with Crippen LogP contribution >= 0.6 is 31.9 Å². The molecule has 2 rings (SSSR count). The highest BCUT2D eigenvalue weighted by Crippen LogP contribution is 2.28. The Hall–Kier alpha value is -0.890. The monoisotopic (exact) mass is 432 g/mol. The molecule has 0 aliphatic heterocycles. The fourth-order valence-corrected chi connectivity index (χ4v) is 3.77. The van der Waals surface area contributed by atoms with Crippen LogP contribution in [0.2, 0.25) is 0 Å². The second kappa shape index (κ2) is 6.48. The van der Waals surface area contributed by atoms with Gasteiger partial charge in [0.25, 0.3) is 10.0 Å². The third-order valence-corrected chi connectivity index (χ3v) is 5.57. The largest absolute Gasteiger partial charge is 0.326 e. The number of sulfonamides is 1. The van der Waals surface area contributed by atoms with E-state index < -0.39 is 10.0 Å². The number of hydrogen-bond acceptors (Lipinski definition) is 3. The van der Waals surface area contributed by atoms with E-state index in [4.69, 9.17) is 5.73 Å². The maximum absolute atomic E-state index is 12.5. The van der Waals surface area contributed by atoms with Gasteiger partial charge in [-0.05, 0) is 64.3 Å². The Morgan fingerprint density at radius 3 is 2.52 bits per heavy atom. The predicted octanol–water partition coefficient (Wildman–Crippen LogP) is 3.78. The molecule has 21 heavy (non-hydrogen) atoms. The molecule has 0 radical (unpaired) electrons. The molecule has 2 aromatic carbocycles. The van der Waals surface area contributed by atoms with Gasteiger partial charge in [0, 0.05) is 15.5 Å². The molecule has 0 unspecified atom stereocenters. The van der Waals surface area contributed by atoms with Crippen LogP contribution in [0.15, 0.2) is 50.2 Å². The quantitative estimate of drug-likeness (QED) is 0.770. The molecule has 7 heteroatoms. The molecule has 0 aliphatic rings. The number of benzene rings is 2. The Labute approximate surface area is 141 Å². The first-order valence-electron chi connectivity index (χ1n) is 6.11. The molecule has 0 aromatic heterocycles. The smallest absolute Gasteiger partial charge is 0.261 e. The summed E-state index contributed by atoms with van der Waals surface area (Å²) in [6.07, 6.45) is 0. The highest BCUT2D eigenvalue weighted by molar-refractivity contribution is 9.11. The number of halogens is 2. The van der Waals surface area contributed by atoms with Crippen LogP contribution in [0.25, 0.3) is 0 Å². The van der Waals surface area contributed by atoms with Crippen LogP contribution in [0, 0.1) is 6.92 Å². The molecule has 0 aliphatic carbocycles. The van der Waals surface area contributed by atoms with Gasteiger partial charge in [-0.15, -0.1) is 0 Å². The maximum atomic E-state index is 12.5. The highest BCUT2D eigenvalue weighted by Gasteiger charge is 2.16. The molecule has 4 nitrogen and oxygen atoms in total. The fraction of sp³-hybridized carbons (Fsp3) is 0.143. The third kappa shape index (κ3) is 3.85. The number of nitrogens with one attached hydrogen (secondary N) is 1. The summed E-state index contributed by atoms with van der Waals surface area (Å²) in [5, 5.41) is 0. The second-order valence-corrected chi connectivity index (χ2v) is 7.97. The Balaban J connectivity index is 2.41. The van der Waals surface area contributed by atoms with Gasteiger partial charge in [0.1, 0.15) is 0 Å². The van der Waals surface area contributed by atoms with Gasteiger partial charge in [0.05, 0.1) is 10.6 Å². The third-order valence-electron chi connectivity index (χ3n) is 3.02. The van der Waals surface area contributed by atoms with Crippen molar-refractivity contribution in [2.24, 2.45) is 5.73 Å². The fourth-order valence-electron chi connectivity index (χ4n) is 1.81. The molecular formula is C14H14Br2N2O2S. The first-order valence-corrected chi connectivity index (χ1v) is 9.18. The maximum Gasteiger partial charge on any atom is 0.261 e. The van der Waals surface area contributed by atoms with E-state index in [1.165, 1.54) is 0 Å². The van der Waals surface area contributed by atoms with Crippen LogP contribution < -0.4 is 10.5 Å². The molecule has 0 spiro atoms. The van der Waals surface area contributed by atoms with Crippen molar-refractivity contribution >= 4 is 47.6 Å². The lowest BCUT2D eigenvalue weighted by Gasteiger charge is -2.12. The summed E-state index contributed by atoms with van der Waals surface area (Å²) in [5.41, 5.74) is 7.89. The van der Waals surface area contributed by atoms with E-state index in [9.17, 15) is 8.42 Å². The zero-order valence-electron chi connectivity index (χ0n) is 11.2. The van der Waals surface area contributed by atoms with E-state index in [2.05, 4.69) is 36.6 Å². The van der Waals surface area contributed by atoms with Crippen LogP contribution in [0.1, 0.15) is 11.1 Å². The van der Waals surface area contributed by atoms with Gasteiger partial charge >= 0.3 is 0 Å². The Bertz CT molecular complexity index is 777. The van der Waals surface area contributed by atoms with Gasteiger partial charge in [0.2, 0.25) is 0 Å². The van der Waals surface area contributed by atoms with E-state index in [0.29, 0.717) is 16.7 Å². The van der Waals surface area contributed by atoms with E-state index in [0.717, 1.165) is 15.6 Å². The number of anilines is 1. The van der Waals surface area contributed by atoms with Gasteiger partial charge in [0.15, 0.2) is 0 Å². The van der Waals surface area contributed by atoms with Gasteiger partial charge in [-0.25, -0.2) is 8.42 Å². The molecule has 0 heterocycles. The van der Waals surface area contributed by atoms with Crippen molar-refractivity contribution in [1.29, 1.82) is 0 Å². The number of nitrogens with two attached hydrogens (primary N) is 1. The van der Waals surface area contributed by atoms with Crippen LogP contribution in [0.4, 0.5) is 5.69 Å². The Morgan fingerprint density at radius 1 is 1.14 bits per heavy atom. The minimum Gasteiger partial charge on any atom is -0.326 e. The van der Waals surface area contributed by atoms with Crippen LogP contribution in [-0.4, -0.2) is 8.42 Å². The zero-order chi connectivity index (χ0) is 15.6. The second-order valence-electron chi connectivity index (χ2n) is 4.52. The molecule has 3 N–H and O–H groups in total. The van der Waals surface area contributed by atoms with E-state index >= 15 is 0 Å². The first-order chi connectivity index (χ1) is 9.83. The SMILES string of the molecule is Cc1ccc(S(=O)(=O)Nc2cc(Br)ccc2Br)cc1CN. The van der Waals surface area contributed by atoms with Gasteiger partial charge in [-0.3, -0.25) is 4.72 Å². The van der Waals surface area contributed by atoms with Crippen LogP contribution in [0.3, 0.4) is 0 Å². The summed E-state index contributed by atoms with van der Waals surface area (Å²) in [7, 11) is -3.66. The molecule has 112 valence electrons. The summed E-state index contributed by atoms with van der Waals surface area (Å²) in [6, 6.07) is 10.2. The molecule has 0 fully saturated rings. The molecule has 0 bridgehead atoms. The van der Waals surface area contributed by atoms with Crippen LogP contribution in [0.5, 0.6) is 0 Å². The molecule has 0 saturated carbocycles. The number of hydrogen-bond donors (Lipinski definition) is 2. The van der Waals surface area contributed by atoms with Crippen molar-refractivity contribution < 1.29 is 8.42 Å². The van der Waals surface area contributed by atoms with Gasteiger partial charge in [-0.1, -0.05) is 22.0 Å². The highest BCUT2D eigenvalue weighted by atomic mass is 79.9. The summed E-state index contributed by atoms with van der Waals surface area (Å²) in [5.74, 6) is 0. The lowest BCUT2D eigenvalue weighted by Crippen LogP contribution is -2.14. The first kappa shape index (κ1) is 16.5. The normalized spacial score (nSPS) is 11.4. The molecule has 0 atom stereocenters. The lowest BCUT2D eigenvalue weighted by atomic mass is 10.1. The van der Waals surface area contributed by atoms with E-state index in [1.807, 2.05) is 13.0 Å². The standard InChI is InChI=1S/C14H14Br2N2O2S/c1-9-2-4-12(6-10(9)8-17)21(19,20)18-14-7-11(15)3-5-13(14)16/h2-7,18H,8,17H2,1H3. The summed E-state index contributed by atoms with van der Waals surface area (Å²) >= 11 is 6.65. The van der Waals surface area contributed by atoms with Crippen molar-refractivity contribution in [2.45, 2.75) is 18.4 Å². The molecule has 2 aromatic rings. The average Bonchev–Trinajstić information content (AvgIpc) is 2.43. The van der Waals surface area contributed by atoms with Crippen molar-refractivity contribution in [1.82, 2.24) is 0 Å². The van der Waals surface area contributed by atoms with Crippen molar-refractivity contribution in [3.63, 3.8) is 0 Å².